The molecule has 0 aliphatic heterocycles. The fraction of sp³-hybridized carbons (Fsp3) is 0.806. The summed E-state index contributed by atoms with van der Waals surface area (Å²) < 4.78 is 0. The molecule has 3 N–H and O–H groups in total. The molecule has 3 saturated carbocycles. The summed E-state index contributed by atoms with van der Waals surface area (Å²) in [6, 6.07) is 2.46. The largest absolute Gasteiger partial charge is 0.398 e. The number of hydrogen-bond donors (Lipinski definition) is 2. The number of nitrogen functional groups attached to an aromatic ring is 1. The highest BCUT2D eigenvalue weighted by Gasteiger charge is 2.31. The fourth-order valence-corrected chi connectivity index (χ4v) is 7.30. The van der Waals surface area contributed by atoms with Crippen LogP contribution in [0.2, 0.25) is 0 Å². The number of rotatable bonds is 10. The van der Waals surface area contributed by atoms with Gasteiger partial charge in [0.25, 0.3) is 0 Å². The third-order valence-corrected chi connectivity index (χ3v) is 9.12. The third kappa shape index (κ3) is 6.49. The molecule has 0 aromatic heterocycles. The molecule has 1 aromatic carbocycles. The van der Waals surface area contributed by atoms with Gasteiger partial charge < -0.3 is 11.1 Å². The van der Waals surface area contributed by atoms with Gasteiger partial charge in [0.15, 0.2) is 0 Å². The highest BCUT2D eigenvalue weighted by molar-refractivity contribution is 5.71. The molecule has 4 rings (SSSR count). The first-order chi connectivity index (χ1) is 16.3. The standard InChI is InChI=1S/C31H52N2/c1-2-3-4-5-15-22-33-31-27(24-16-9-6-10-17-24)23-28(32)29(25-18-11-7-12-19-25)30(31)26-20-13-8-14-21-26/h23-26,33H,2-22,32H2,1H3. The lowest BCUT2D eigenvalue weighted by Gasteiger charge is -2.36. The van der Waals surface area contributed by atoms with Gasteiger partial charge in [-0.2, -0.15) is 0 Å². The summed E-state index contributed by atoms with van der Waals surface area (Å²) in [5.74, 6) is 2.14. The van der Waals surface area contributed by atoms with Crippen LogP contribution in [0.3, 0.4) is 0 Å². The van der Waals surface area contributed by atoms with Gasteiger partial charge in [-0.1, -0.05) is 90.4 Å². The van der Waals surface area contributed by atoms with E-state index in [1.54, 1.807) is 22.4 Å². The summed E-state index contributed by atoms with van der Waals surface area (Å²) in [4.78, 5) is 0. The van der Waals surface area contributed by atoms with E-state index < -0.39 is 0 Å². The second-order valence-electron chi connectivity index (χ2n) is 11.6. The Morgan fingerprint density at radius 1 is 0.667 bits per heavy atom. The molecule has 3 aliphatic carbocycles. The Balaban J connectivity index is 1.70. The van der Waals surface area contributed by atoms with Crippen LogP contribution in [0.15, 0.2) is 6.07 Å². The van der Waals surface area contributed by atoms with Crippen molar-refractivity contribution in [2.45, 2.75) is 153 Å². The second kappa shape index (κ2) is 13.1. The fourth-order valence-electron chi connectivity index (χ4n) is 7.30. The van der Waals surface area contributed by atoms with Crippen molar-refractivity contribution >= 4 is 11.4 Å². The lowest BCUT2D eigenvalue weighted by molar-refractivity contribution is 0.417. The van der Waals surface area contributed by atoms with Crippen molar-refractivity contribution in [2.24, 2.45) is 0 Å². The number of hydrogen-bond acceptors (Lipinski definition) is 2. The van der Waals surface area contributed by atoms with E-state index >= 15 is 0 Å². The van der Waals surface area contributed by atoms with Crippen LogP contribution in [0.25, 0.3) is 0 Å². The summed E-state index contributed by atoms with van der Waals surface area (Å²) in [6.45, 7) is 3.45. The van der Waals surface area contributed by atoms with Gasteiger partial charge >= 0.3 is 0 Å². The average Bonchev–Trinajstić information content (AvgIpc) is 2.87. The second-order valence-corrected chi connectivity index (χ2v) is 11.6. The maximum absolute atomic E-state index is 7.02. The zero-order chi connectivity index (χ0) is 22.9. The van der Waals surface area contributed by atoms with E-state index in [1.165, 1.54) is 128 Å². The van der Waals surface area contributed by atoms with Gasteiger partial charge in [-0.15, -0.1) is 0 Å². The van der Waals surface area contributed by atoms with E-state index in [-0.39, 0.29) is 0 Å². The summed E-state index contributed by atoms with van der Waals surface area (Å²) in [7, 11) is 0. The first kappa shape index (κ1) is 24.9. The first-order valence-corrected chi connectivity index (χ1v) is 15.0. The molecule has 0 bridgehead atoms. The highest BCUT2D eigenvalue weighted by atomic mass is 14.9. The van der Waals surface area contributed by atoms with Crippen LogP contribution in [0.1, 0.15) is 170 Å². The summed E-state index contributed by atoms with van der Waals surface area (Å²) >= 11 is 0. The van der Waals surface area contributed by atoms with Crippen molar-refractivity contribution in [1.82, 2.24) is 0 Å². The van der Waals surface area contributed by atoms with Crippen LogP contribution in [-0.2, 0) is 0 Å². The van der Waals surface area contributed by atoms with Crippen LogP contribution in [-0.4, -0.2) is 6.54 Å². The topological polar surface area (TPSA) is 38.0 Å². The minimum absolute atomic E-state index is 0.696. The third-order valence-electron chi connectivity index (χ3n) is 9.12. The Labute approximate surface area is 204 Å². The predicted octanol–water partition coefficient (Wildman–Crippen LogP) is 9.79. The zero-order valence-corrected chi connectivity index (χ0v) is 21.7. The highest BCUT2D eigenvalue weighted by Crippen LogP contribution is 2.50. The molecule has 33 heavy (non-hydrogen) atoms. The van der Waals surface area contributed by atoms with Gasteiger partial charge in [-0.25, -0.2) is 0 Å². The molecule has 2 nitrogen and oxygen atoms in total. The molecule has 3 aliphatic rings. The first-order valence-electron chi connectivity index (χ1n) is 15.0. The molecule has 0 radical (unpaired) electrons. The van der Waals surface area contributed by atoms with Gasteiger partial charge in [0.05, 0.1) is 0 Å². The van der Waals surface area contributed by atoms with Gasteiger partial charge in [0.2, 0.25) is 0 Å². The molecule has 0 spiro atoms. The van der Waals surface area contributed by atoms with Crippen LogP contribution in [0, 0.1) is 0 Å². The quantitative estimate of drug-likeness (QED) is 0.274. The Bertz CT molecular complexity index is 706. The Kier molecular flexibility index (Phi) is 9.86. The molecule has 0 unspecified atom stereocenters. The Morgan fingerprint density at radius 3 is 1.76 bits per heavy atom. The van der Waals surface area contributed by atoms with Crippen LogP contribution in [0.5, 0.6) is 0 Å². The normalized spacial score (nSPS) is 21.4. The van der Waals surface area contributed by atoms with Gasteiger partial charge in [-0.05, 0) is 85.5 Å². The molecule has 186 valence electrons. The minimum Gasteiger partial charge on any atom is -0.398 e. The van der Waals surface area contributed by atoms with Gasteiger partial charge in [-0.3, -0.25) is 0 Å². The van der Waals surface area contributed by atoms with E-state index in [0.717, 1.165) is 18.2 Å². The van der Waals surface area contributed by atoms with E-state index in [2.05, 4.69) is 18.3 Å². The SMILES string of the molecule is CCCCCCCNc1c(C2CCCCC2)cc(N)c(C2CCCCC2)c1C1CCCCC1. The van der Waals surface area contributed by atoms with Crippen molar-refractivity contribution in [3.63, 3.8) is 0 Å². The predicted molar refractivity (Wildman–Crippen MR) is 146 cm³/mol. The molecule has 1 aromatic rings. The van der Waals surface area contributed by atoms with Crippen molar-refractivity contribution in [3.8, 4) is 0 Å². The van der Waals surface area contributed by atoms with E-state index in [1.807, 2.05) is 0 Å². The average molecular weight is 453 g/mol. The van der Waals surface area contributed by atoms with Crippen molar-refractivity contribution in [2.75, 3.05) is 17.6 Å². The number of nitrogens with one attached hydrogen (secondary N) is 1. The summed E-state index contributed by atoms with van der Waals surface area (Å²) in [5, 5.41) is 4.10. The molecular weight excluding hydrogens is 400 g/mol. The molecule has 0 atom stereocenters. The summed E-state index contributed by atoms with van der Waals surface area (Å²) in [5.41, 5.74) is 14.6. The van der Waals surface area contributed by atoms with Crippen LogP contribution < -0.4 is 11.1 Å². The molecule has 0 heterocycles. The molecule has 2 heteroatoms. The van der Waals surface area contributed by atoms with Crippen molar-refractivity contribution in [1.29, 1.82) is 0 Å². The van der Waals surface area contributed by atoms with Gasteiger partial charge in [0, 0.05) is 17.9 Å². The monoisotopic (exact) mass is 452 g/mol. The maximum Gasteiger partial charge on any atom is 0.0415 e. The van der Waals surface area contributed by atoms with E-state index in [9.17, 15) is 0 Å². The Hall–Kier alpha value is -1.18. The van der Waals surface area contributed by atoms with E-state index in [0.29, 0.717) is 11.8 Å². The van der Waals surface area contributed by atoms with Crippen molar-refractivity contribution < 1.29 is 0 Å². The van der Waals surface area contributed by atoms with E-state index in [4.69, 9.17) is 5.73 Å². The number of unbranched alkanes of at least 4 members (excludes halogenated alkanes) is 4. The Morgan fingerprint density at radius 2 is 1.18 bits per heavy atom. The molecule has 3 fully saturated rings. The molecular formula is C31H52N2. The lowest BCUT2D eigenvalue weighted by Crippen LogP contribution is -2.20. The molecule has 0 amide bonds. The van der Waals surface area contributed by atoms with Crippen molar-refractivity contribution in [3.05, 3.63) is 22.8 Å². The molecule has 0 saturated heterocycles. The summed E-state index contributed by atoms with van der Waals surface area (Å²) in [6.07, 6.45) is 27.6. The zero-order valence-electron chi connectivity index (χ0n) is 21.7. The lowest BCUT2D eigenvalue weighted by atomic mass is 9.72. The van der Waals surface area contributed by atoms with Crippen LogP contribution in [0.4, 0.5) is 11.4 Å². The number of nitrogens with two attached hydrogens (primary N) is 1. The number of anilines is 2. The van der Waals surface area contributed by atoms with Gasteiger partial charge in [0.1, 0.15) is 0 Å². The minimum atomic E-state index is 0.696. The number of benzene rings is 1. The maximum atomic E-state index is 7.02. The smallest absolute Gasteiger partial charge is 0.0415 e. The van der Waals surface area contributed by atoms with Crippen LogP contribution >= 0.6 is 0 Å².